The summed E-state index contributed by atoms with van der Waals surface area (Å²) in [5, 5.41) is 0. The highest BCUT2D eigenvalue weighted by atomic mass is 16.1. The largest absolute Gasteiger partial charge is 0.299 e. The van der Waals surface area contributed by atoms with Crippen LogP contribution in [0.3, 0.4) is 0 Å². The van der Waals surface area contributed by atoms with Gasteiger partial charge in [-0.1, -0.05) is 38.5 Å². The van der Waals surface area contributed by atoms with Gasteiger partial charge >= 0.3 is 0 Å². The molecular weight excluding hydrogens is 256 g/mol. The van der Waals surface area contributed by atoms with E-state index in [0.29, 0.717) is 17.1 Å². The van der Waals surface area contributed by atoms with Gasteiger partial charge in [-0.25, -0.2) is 0 Å². The third-order valence-electron chi connectivity index (χ3n) is 5.28. The second kappa shape index (κ2) is 5.94. The van der Waals surface area contributed by atoms with E-state index in [4.69, 9.17) is 0 Å². The Bertz CT molecular complexity index is 510. The fraction of sp³-hybridized carbons (Fsp3) is 0.650. The van der Waals surface area contributed by atoms with Crippen LogP contribution in [0.4, 0.5) is 0 Å². The number of benzene rings is 1. The maximum atomic E-state index is 12.4. The Hall–Kier alpha value is -1.11. The number of Topliss-reactive ketones (excluding diaryl/α,β-unsaturated/α-hetero) is 1. The van der Waals surface area contributed by atoms with Crippen molar-refractivity contribution in [1.82, 2.24) is 0 Å². The van der Waals surface area contributed by atoms with Crippen molar-refractivity contribution in [3.05, 3.63) is 34.4 Å². The summed E-state index contributed by atoms with van der Waals surface area (Å²) in [6.45, 7) is 13.5. The number of hydrogen-bond donors (Lipinski definition) is 0. The van der Waals surface area contributed by atoms with Crippen LogP contribution in [0.2, 0.25) is 0 Å². The molecule has 0 aliphatic heterocycles. The van der Waals surface area contributed by atoms with Crippen LogP contribution in [-0.2, 0) is 11.2 Å². The van der Waals surface area contributed by atoms with Crippen molar-refractivity contribution in [3.8, 4) is 0 Å². The Morgan fingerprint density at radius 3 is 2.19 bits per heavy atom. The Morgan fingerprint density at radius 1 is 1.10 bits per heavy atom. The SMILES string of the molecule is Cc1cc(C)c(CC2CC(C(C)(C)C)CCC2=O)c(C)c1. The van der Waals surface area contributed by atoms with Gasteiger partial charge in [-0.05, 0) is 68.1 Å². The normalized spacial score (nSPS) is 23.4. The topological polar surface area (TPSA) is 17.1 Å². The Morgan fingerprint density at radius 2 is 1.67 bits per heavy atom. The molecule has 2 rings (SSSR count). The molecule has 2 atom stereocenters. The molecule has 0 aromatic heterocycles. The second-order valence-electron chi connectivity index (χ2n) is 8.08. The molecule has 1 aliphatic carbocycles. The first-order chi connectivity index (χ1) is 9.68. The average molecular weight is 286 g/mol. The van der Waals surface area contributed by atoms with E-state index in [1.807, 2.05) is 0 Å². The van der Waals surface area contributed by atoms with E-state index in [-0.39, 0.29) is 5.92 Å². The maximum absolute atomic E-state index is 12.4. The average Bonchev–Trinajstić information content (AvgIpc) is 2.34. The molecule has 1 aromatic rings. The first-order valence-electron chi connectivity index (χ1n) is 8.28. The lowest BCUT2D eigenvalue weighted by Gasteiger charge is -2.37. The van der Waals surface area contributed by atoms with Crippen LogP contribution >= 0.6 is 0 Å². The lowest BCUT2D eigenvalue weighted by atomic mass is 9.67. The van der Waals surface area contributed by atoms with Crippen molar-refractivity contribution in [2.45, 2.75) is 67.2 Å². The summed E-state index contributed by atoms with van der Waals surface area (Å²) >= 11 is 0. The number of aryl methyl sites for hydroxylation is 3. The van der Waals surface area contributed by atoms with Crippen molar-refractivity contribution >= 4 is 5.78 Å². The number of ketones is 1. The molecule has 2 unspecified atom stereocenters. The first-order valence-corrected chi connectivity index (χ1v) is 8.28. The van der Waals surface area contributed by atoms with Gasteiger partial charge in [-0.15, -0.1) is 0 Å². The predicted octanol–water partition coefficient (Wildman–Crippen LogP) is 5.19. The summed E-state index contributed by atoms with van der Waals surface area (Å²) < 4.78 is 0. The Kier molecular flexibility index (Phi) is 4.60. The van der Waals surface area contributed by atoms with Crippen LogP contribution in [-0.4, -0.2) is 5.78 Å². The summed E-state index contributed by atoms with van der Waals surface area (Å²) in [5.74, 6) is 1.38. The summed E-state index contributed by atoms with van der Waals surface area (Å²) in [6, 6.07) is 4.49. The number of hydrogen-bond acceptors (Lipinski definition) is 1. The van der Waals surface area contributed by atoms with Gasteiger partial charge in [0.2, 0.25) is 0 Å². The molecule has 1 saturated carbocycles. The minimum absolute atomic E-state index is 0.225. The van der Waals surface area contributed by atoms with Gasteiger partial charge in [0.25, 0.3) is 0 Å². The third-order valence-corrected chi connectivity index (χ3v) is 5.28. The van der Waals surface area contributed by atoms with Gasteiger partial charge in [0.15, 0.2) is 0 Å². The Balaban J connectivity index is 2.20. The minimum atomic E-state index is 0.225. The molecule has 0 saturated heterocycles. The molecule has 21 heavy (non-hydrogen) atoms. The van der Waals surface area contributed by atoms with Crippen molar-refractivity contribution in [3.63, 3.8) is 0 Å². The van der Waals surface area contributed by atoms with E-state index in [1.165, 1.54) is 22.3 Å². The summed E-state index contributed by atoms with van der Waals surface area (Å²) in [7, 11) is 0. The molecule has 0 amide bonds. The highest BCUT2D eigenvalue weighted by Gasteiger charge is 2.35. The molecule has 0 bridgehead atoms. The summed E-state index contributed by atoms with van der Waals surface area (Å²) in [6.07, 6.45) is 3.85. The van der Waals surface area contributed by atoms with E-state index in [0.717, 1.165) is 25.7 Å². The predicted molar refractivity (Wildman–Crippen MR) is 89.7 cm³/mol. The van der Waals surface area contributed by atoms with Crippen molar-refractivity contribution in [2.24, 2.45) is 17.3 Å². The monoisotopic (exact) mass is 286 g/mol. The van der Waals surface area contributed by atoms with E-state index in [1.54, 1.807) is 0 Å². The molecule has 116 valence electrons. The molecule has 0 N–H and O–H groups in total. The van der Waals surface area contributed by atoms with E-state index in [2.05, 4.69) is 53.7 Å². The van der Waals surface area contributed by atoms with Gasteiger partial charge in [-0.2, -0.15) is 0 Å². The van der Waals surface area contributed by atoms with Crippen LogP contribution in [0.1, 0.15) is 62.3 Å². The number of carbonyl (C=O) groups is 1. The lowest BCUT2D eigenvalue weighted by molar-refractivity contribution is -0.126. The highest BCUT2D eigenvalue weighted by molar-refractivity contribution is 5.82. The number of rotatable bonds is 2. The standard InChI is InChI=1S/C20H30O/c1-13-9-14(2)18(15(3)10-13)12-16-11-17(20(4,5)6)7-8-19(16)21/h9-10,16-17H,7-8,11-12H2,1-6H3. The van der Waals surface area contributed by atoms with Crippen LogP contribution in [0.25, 0.3) is 0 Å². The minimum Gasteiger partial charge on any atom is -0.299 e. The molecule has 1 nitrogen and oxygen atoms in total. The lowest BCUT2D eigenvalue weighted by Crippen LogP contribution is -2.33. The van der Waals surface area contributed by atoms with Crippen LogP contribution < -0.4 is 0 Å². The third kappa shape index (κ3) is 3.75. The van der Waals surface area contributed by atoms with Gasteiger partial charge in [0.1, 0.15) is 5.78 Å². The smallest absolute Gasteiger partial charge is 0.136 e. The fourth-order valence-electron chi connectivity index (χ4n) is 3.88. The first kappa shape index (κ1) is 16.3. The zero-order valence-corrected chi connectivity index (χ0v) is 14.5. The number of carbonyl (C=O) groups excluding carboxylic acids is 1. The molecule has 0 radical (unpaired) electrons. The van der Waals surface area contributed by atoms with Crippen molar-refractivity contribution in [2.75, 3.05) is 0 Å². The van der Waals surface area contributed by atoms with E-state index in [9.17, 15) is 4.79 Å². The molecule has 1 heteroatoms. The zero-order chi connectivity index (χ0) is 15.8. The highest BCUT2D eigenvalue weighted by Crippen LogP contribution is 2.40. The summed E-state index contributed by atoms with van der Waals surface area (Å²) in [5.41, 5.74) is 5.72. The molecule has 1 aromatic carbocycles. The van der Waals surface area contributed by atoms with Gasteiger partial charge in [-0.3, -0.25) is 4.79 Å². The molecule has 1 aliphatic rings. The molecular formula is C20H30O. The molecule has 0 heterocycles. The van der Waals surface area contributed by atoms with Crippen LogP contribution in [0, 0.1) is 38.0 Å². The fourth-order valence-corrected chi connectivity index (χ4v) is 3.88. The second-order valence-corrected chi connectivity index (χ2v) is 8.08. The van der Waals surface area contributed by atoms with Gasteiger partial charge in [0.05, 0.1) is 0 Å². The molecule has 1 fully saturated rings. The maximum Gasteiger partial charge on any atom is 0.136 e. The van der Waals surface area contributed by atoms with Crippen molar-refractivity contribution < 1.29 is 4.79 Å². The van der Waals surface area contributed by atoms with E-state index >= 15 is 0 Å². The van der Waals surface area contributed by atoms with Crippen molar-refractivity contribution in [1.29, 1.82) is 0 Å². The van der Waals surface area contributed by atoms with Gasteiger partial charge < -0.3 is 0 Å². The zero-order valence-electron chi connectivity index (χ0n) is 14.5. The summed E-state index contributed by atoms with van der Waals surface area (Å²) in [4.78, 5) is 12.4. The van der Waals surface area contributed by atoms with Crippen LogP contribution in [0.15, 0.2) is 12.1 Å². The molecule has 0 spiro atoms. The Labute approximate surface area is 130 Å². The van der Waals surface area contributed by atoms with Gasteiger partial charge in [0, 0.05) is 12.3 Å². The van der Waals surface area contributed by atoms with E-state index < -0.39 is 0 Å². The van der Waals surface area contributed by atoms with Crippen LogP contribution in [0.5, 0.6) is 0 Å². The quantitative estimate of drug-likeness (QED) is 0.731.